The molecule has 2 aromatic heterocycles. The Morgan fingerprint density at radius 2 is 2.12 bits per heavy atom. The monoisotopic (exact) mass is 335 g/mol. The van der Waals surface area contributed by atoms with Gasteiger partial charge in [0, 0.05) is 32.3 Å². The van der Waals surface area contributed by atoms with Crippen molar-refractivity contribution in [3.63, 3.8) is 0 Å². The number of nitrogens with zero attached hydrogens (tertiary/aromatic N) is 5. The van der Waals surface area contributed by atoms with Crippen LogP contribution in [0.1, 0.15) is 36.0 Å². The van der Waals surface area contributed by atoms with Crippen molar-refractivity contribution in [1.29, 1.82) is 5.26 Å². The lowest BCUT2D eigenvalue weighted by Gasteiger charge is -2.33. The fourth-order valence-electron chi connectivity index (χ4n) is 3.06. The molecule has 8 heteroatoms. The lowest BCUT2D eigenvalue weighted by atomic mass is 9.97. The van der Waals surface area contributed by atoms with Crippen molar-refractivity contribution < 1.29 is 13.2 Å². The second-order valence-corrected chi connectivity index (χ2v) is 5.89. The van der Waals surface area contributed by atoms with Gasteiger partial charge in [0.15, 0.2) is 5.69 Å². The first-order chi connectivity index (χ1) is 11.4. The van der Waals surface area contributed by atoms with Crippen LogP contribution in [0.25, 0.3) is 0 Å². The van der Waals surface area contributed by atoms with Crippen LogP contribution >= 0.6 is 0 Å². The summed E-state index contributed by atoms with van der Waals surface area (Å²) in [4.78, 5) is 9.94. The molecule has 1 saturated heterocycles. The van der Waals surface area contributed by atoms with Crippen molar-refractivity contribution in [2.75, 3.05) is 18.0 Å². The molecule has 0 bridgehead atoms. The largest absolute Gasteiger partial charge is 0.434 e. The van der Waals surface area contributed by atoms with Crippen LogP contribution in [0.3, 0.4) is 0 Å². The summed E-state index contributed by atoms with van der Waals surface area (Å²) in [6, 6.07) is 5.42. The van der Waals surface area contributed by atoms with E-state index in [4.69, 9.17) is 5.26 Å². The summed E-state index contributed by atoms with van der Waals surface area (Å²) >= 11 is 0. The summed E-state index contributed by atoms with van der Waals surface area (Å²) in [6.07, 6.45) is -0.110. The molecule has 1 aliphatic rings. The summed E-state index contributed by atoms with van der Waals surface area (Å²) in [6.45, 7) is 1.39. The molecule has 0 aromatic carbocycles. The van der Waals surface area contributed by atoms with Crippen LogP contribution in [0, 0.1) is 11.3 Å². The molecule has 24 heavy (non-hydrogen) atoms. The van der Waals surface area contributed by atoms with Gasteiger partial charge in [0.25, 0.3) is 0 Å². The zero-order chi connectivity index (χ0) is 17.3. The lowest BCUT2D eigenvalue weighted by Crippen LogP contribution is -2.35. The summed E-state index contributed by atoms with van der Waals surface area (Å²) in [7, 11) is 1.60. The molecule has 0 radical (unpaired) electrons. The number of nitriles is 1. The Labute approximate surface area is 137 Å². The quantitative estimate of drug-likeness (QED) is 0.846. The van der Waals surface area contributed by atoms with E-state index < -0.39 is 11.9 Å². The molecular formula is C16H16F3N5. The SMILES string of the molecule is Cn1cc(C(F)(F)F)nc1[C@H]1CCCN(c2ccc(C#N)nc2)C1. The van der Waals surface area contributed by atoms with Gasteiger partial charge in [0.1, 0.15) is 17.6 Å². The van der Waals surface area contributed by atoms with Crippen molar-refractivity contribution in [3.8, 4) is 6.07 Å². The van der Waals surface area contributed by atoms with Gasteiger partial charge in [0.2, 0.25) is 0 Å². The van der Waals surface area contributed by atoms with Crippen molar-refractivity contribution in [2.24, 2.45) is 7.05 Å². The van der Waals surface area contributed by atoms with Crippen molar-refractivity contribution >= 4 is 5.69 Å². The molecule has 3 heterocycles. The van der Waals surface area contributed by atoms with Gasteiger partial charge in [-0.25, -0.2) is 9.97 Å². The molecule has 1 fully saturated rings. The van der Waals surface area contributed by atoms with Gasteiger partial charge in [0.05, 0.1) is 11.9 Å². The third-order valence-electron chi connectivity index (χ3n) is 4.22. The Morgan fingerprint density at radius 1 is 1.33 bits per heavy atom. The van der Waals surface area contributed by atoms with Crippen LogP contribution in [0.4, 0.5) is 18.9 Å². The molecule has 0 aliphatic carbocycles. The topological polar surface area (TPSA) is 57.7 Å². The molecule has 0 unspecified atom stereocenters. The minimum Gasteiger partial charge on any atom is -0.370 e. The predicted octanol–water partition coefficient (Wildman–Crippen LogP) is 3.09. The van der Waals surface area contributed by atoms with Crippen molar-refractivity contribution in [1.82, 2.24) is 14.5 Å². The molecule has 0 spiro atoms. The summed E-state index contributed by atoms with van der Waals surface area (Å²) in [5.74, 6) is 0.379. The molecule has 1 aliphatic heterocycles. The number of piperidine rings is 1. The fourth-order valence-corrected chi connectivity index (χ4v) is 3.06. The molecular weight excluding hydrogens is 319 g/mol. The van der Waals surface area contributed by atoms with Crippen LogP contribution in [0.2, 0.25) is 0 Å². The molecule has 126 valence electrons. The van der Waals surface area contributed by atoms with Gasteiger partial charge in [-0.2, -0.15) is 18.4 Å². The van der Waals surface area contributed by atoms with Crippen LogP contribution in [0.5, 0.6) is 0 Å². The van der Waals surface area contributed by atoms with E-state index in [0.717, 1.165) is 31.3 Å². The van der Waals surface area contributed by atoms with Crippen molar-refractivity contribution in [2.45, 2.75) is 24.9 Å². The highest BCUT2D eigenvalue weighted by Crippen LogP contribution is 2.33. The average Bonchev–Trinajstić information content (AvgIpc) is 2.97. The summed E-state index contributed by atoms with van der Waals surface area (Å²) in [5.41, 5.74) is 0.354. The molecule has 0 saturated carbocycles. The maximum absolute atomic E-state index is 12.8. The van der Waals surface area contributed by atoms with E-state index in [-0.39, 0.29) is 5.92 Å². The Balaban J connectivity index is 1.80. The van der Waals surface area contributed by atoms with Crippen LogP contribution in [-0.2, 0) is 13.2 Å². The van der Waals surface area contributed by atoms with E-state index in [1.165, 1.54) is 4.57 Å². The number of halogens is 3. The van der Waals surface area contributed by atoms with E-state index in [9.17, 15) is 13.2 Å². The maximum atomic E-state index is 12.8. The second-order valence-electron chi connectivity index (χ2n) is 5.89. The fraction of sp³-hybridized carbons (Fsp3) is 0.438. The van der Waals surface area contributed by atoms with Gasteiger partial charge in [-0.3, -0.25) is 0 Å². The first-order valence-electron chi connectivity index (χ1n) is 7.60. The van der Waals surface area contributed by atoms with Crippen LogP contribution < -0.4 is 4.90 Å². The number of alkyl halides is 3. The Hall–Kier alpha value is -2.56. The molecule has 5 nitrogen and oxygen atoms in total. The molecule has 3 rings (SSSR count). The average molecular weight is 335 g/mol. The van der Waals surface area contributed by atoms with Gasteiger partial charge in [-0.1, -0.05) is 0 Å². The minimum atomic E-state index is -4.43. The van der Waals surface area contributed by atoms with Gasteiger partial charge < -0.3 is 9.47 Å². The Bertz CT molecular complexity index is 758. The minimum absolute atomic E-state index is 0.0736. The molecule has 0 amide bonds. The van der Waals surface area contributed by atoms with Gasteiger partial charge in [-0.05, 0) is 25.0 Å². The molecule has 1 atom stereocenters. The van der Waals surface area contributed by atoms with E-state index in [2.05, 4.69) is 14.9 Å². The van der Waals surface area contributed by atoms with E-state index in [0.29, 0.717) is 18.1 Å². The number of anilines is 1. The third-order valence-corrected chi connectivity index (χ3v) is 4.22. The van der Waals surface area contributed by atoms with Crippen LogP contribution in [-0.4, -0.2) is 27.6 Å². The Kier molecular flexibility index (Phi) is 4.18. The standard InChI is InChI=1S/C16H16F3N5/c1-23-10-14(16(17,18)19)22-15(23)11-3-2-6-24(9-11)13-5-4-12(7-20)21-8-13/h4-5,8,10-11H,2-3,6,9H2,1H3/t11-/m0/s1. The highest BCUT2D eigenvalue weighted by Gasteiger charge is 2.36. The van der Waals surface area contributed by atoms with E-state index in [1.54, 1.807) is 19.3 Å². The maximum Gasteiger partial charge on any atom is 0.434 e. The zero-order valence-electron chi connectivity index (χ0n) is 13.1. The third kappa shape index (κ3) is 3.20. The highest BCUT2D eigenvalue weighted by atomic mass is 19.4. The zero-order valence-corrected chi connectivity index (χ0v) is 13.1. The number of hydrogen-bond donors (Lipinski definition) is 0. The Morgan fingerprint density at radius 3 is 2.71 bits per heavy atom. The predicted molar refractivity (Wildman–Crippen MR) is 81.4 cm³/mol. The normalized spacial score (nSPS) is 18.5. The van der Waals surface area contributed by atoms with Gasteiger partial charge in [-0.15, -0.1) is 0 Å². The first-order valence-corrected chi connectivity index (χ1v) is 7.60. The lowest BCUT2D eigenvalue weighted by molar-refractivity contribution is -0.141. The number of imidazole rings is 1. The number of aromatic nitrogens is 3. The second kappa shape index (κ2) is 6.15. The number of pyridine rings is 1. The van der Waals surface area contributed by atoms with E-state index in [1.807, 2.05) is 12.1 Å². The number of aryl methyl sites for hydroxylation is 1. The van der Waals surface area contributed by atoms with Crippen LogP contribution in [0.15, 0.2) is 24.5 Å². The van der Waals surface area contributed by atoms with E-state index >= 15 is 0 Å². The molecule has 2 aromatic rings. The molecule has 0 N–H and O–H groups in total. The number of rotatable bonds is 2. The summed E-state index contributed by atoms with van der Waals surface area (Å²) in [5, 5.41) is 8.80. The van der Waals surface area contributed by atoms with Crippen molar-refractivity contribution in [3.05, 3.63) is 41.7 Å². The smallest absolute Gasteiger partial charge is 0.370 e. The first kappa shape index (κ1) is 16.3. The highest BCUT2D eigenvalue weighted by molar-refractivity contribution is 5.46. The number of hydrogen-bond acceptors (Lipinski definition) is 4. The summed E-state index contributed by atoms with van der Waals surface area (Å²) < 4.78 is 40.0. The van der Waals surface area contributed by atoms with Gasteiger partial charge >= 0.3 is 6.18 Å².